The van der Waals surface area contributed by atoms with E-state index in [1.54, 1.807) is 12.1 Å². The summed E-state index contributed by atoms with van der Waals surface area (Å²) in [5.74, 6) is -0.0570. The highest BCUT2D eigenvalue weighted by molar-refractivity contribution is 5.87. The van der Waals surface area contributed by atoms with Crippen LogP contribution in [0.4, 0.5) is 0 Å². The Morgan fingerprint density at radius 1 is 1.13 bits per heavy atom. The molecule has 0 heterocycles. The Hall–Kier alpha value is -1.35. The Balaban J connectivity index is 1.63. The lowest BCUT2D eigenvalue weighted by molar-refractivity contribution is 0.0155. The first kappa shape index (κ1) is 18.0. The molecule has 0 radical (unpaired) electrons. The number of hydrogen-bond donors (Lipinski definition) is 1. The molecule has 1 aromatic rings. The SMILES string of the molecule is CCCCCOC1CCC(CCc2ccc(C(=O)O)cc2)CC1. The van der Waals surface area contributed by atoms with Crippen molar-refractivity contribution in [3.63, 3.8) is 0 Å². The second-order valence-electron chi connectivity index (χ2n) is 6.76. The van der Waals surface area contributed by atoms with Crippen molar-refractivity contribution in [2.75, 3.05) is 6.61 Å². The summed E-state index contributed by atoms with van der Waals surface area (Å²) >= 11 is 0. The number of hydrogen-bond acceptors (Lipinski definition) is 2. The molecule has 0 aromatic heterocycles. The molecule has 1 fully saturated rings. The summed E-state index contributed by atoms with van der Waals surface area (Å²) in [6.07, 6.45) is 11.4. The quantitative estimate of drug-likeness (QED) is 0.646. The normalized spacial score (nSPS) is 21.3. The maximum atomic E-state index is 10.8. The first-order valence-corrected chi connectivity index (χ1v) is 9.13. The van der Waals surface area contributed by atoms with Gasteiger partial charge in [0.05, 0.1) is 11.7 Å². The molecule has 1 aliphatic rings. The average Bonchev–Trinajstić information content (AvgIpc) is 2.58. The summed E-state index contributed by atoms with van der Waals surface area (Å²) in [7, 11) is 0. The molecule has 23 heavy (non-hydrogen) atoms. The van der Waals surface area contributed by atoms with Gasteiger partial charge in [0, 0.05) is 6.61 Å². The monoisotopic (exact) mass is 318 g/mol. The summed E-state index contributed by atoms with van der Waals surface area (Å²) in [5, 5.41) is 8.91. The fraction of sp³-hybridized carbons (Fsp3) is 0.650. The maximum absolute atomic E-state index is 10.8. The van der Waals surface area contributed by atoms with Crippen LogP contribution in [0.1, 0.15) is 74.2 Å². The van der Waals surface area contributed by atoms with Crippen molar-refractivity contribution < 1.29 is 14.6 Å². The molecule has 0 saturated heterocycles. The number of unbranched alkanes of at least 4 members (excludes halogenated alkanes) is 2. The standard InChI is InChI=1S/C20H30O3/c1-2-3-4-15-23-19-13-9-17(10-14-19)6-5-16-7-11-18(12-8-16)20(21)22/h7-8,11-12,17,19H,2-6,9-10,13-15H2,1H3,(H,21,22). The molecule has 0 unspecified atom stereocenters. The van der Waals surface area contributed by atoms with Gasteiger partial charge in [-0.3, -0.25) is 0 Å². The van der Waals surface area contributed by atoms with Crippen LogP contribution in [-0.4, -0.2) is 23.8 Å². The molecule has 1 aliphatic carbocycles. The summed E-state index contributed by atoms with van der Waals surface area (Å²) < 4.78 is 5.98. The van der Waals surface area contributed by atoms with Crippen molar-refractivity contribution in [2.24, 2.45) is 5.92 Å². The third kappa shape index (κ3) is 6.34. The summed E-state index contributed by atoms with van der Waals surface area (Å²) in [6.45, 7) is 3.15. The van der Waals surface area contributed by atoms with E-state index in [0.29, 0.717) is 11.7 Å². The number of aromatic carboxylic acids is 1. The minimum atomic E-state index is -0.853. The molecule has 0 bridgehead atoms. The van der Waals surface area contributed by atoms with E-state index in [4.69, 9.17) is 9.84 Å². The van der Waals surface area contributed by atoms with E-state index < -0.39 is 5.97 Å². The van der Waals surface area contributed by atoms with Crippen LogP contribution in [0.15, 0.2) is 24.3 Å². The molecule has 1 aromatic carbocycles. The van der Waals surface area contributed by atoms with Crippen molar-refractivity contribution in [3.8, 4) is 0 Å². The molecule has 0 aliphatic heterocycles. The minimum Gasteiger partial charge on any atom is -0.478 e. The van der Waals surface area contributed by atoms with Crippen LogP contribution in [-0.2, 0) is 11.2 Å². The molecular formula is C20H30O3. The highest BCUT2D eigenvalue weighted by atomic mass is 16.5. The number of carboxylic acid groups (broad SMARTS) is 1. The van der Waals surface area contributed by atoms with Crippen LogP contribution in [0.25, 0.3) is 0 Å². The molecule has 1 N–H and O–H groups in total. The highest BCUT2D eigenvalue weighted by Crippen LogP contribution is 2.29. The van der Waals surface area contributed by atoms with Crippen LogP contribution in [0, 0.1) is 5.92 Å². The third-order valence-electron chi connectivity index (χ3n) is 4.94. The van der Waals surface area contributed by atoms with Gasteiger partial charge < -0.3 is 9.84 Å². The van der Waals surface area contributed by atoms with Crippen molar-refractivity contribution >= 4 is 5.97 Å². The smallest absolute Gasteiger partial charge is 0.335 e. The molecule has 3 heteroatoms. The zero-order chi connectivity index (χ0) is 16.5. The van der Waals surface area contributed by atoms with Crippen LogP contribution < -0.4 is 0 Å². The van der Waals surface area contributed by atoms with Crippen LogP contribution >= 0.6 is 0 Å². The largest absolute Gasteiger partial charge is 0.478 e. The highest BCUT2D eigenvalue weighted by Gasteiger charge is 2.21. The van der Waals surface area contributed by atoms with E-state index in [1.807, 2.05) is 12.1 Å². The van der Waals surface area contributed by atoms with Gasteiger partial charge >= 0.3 is 5.97 Å². The van der Waals surface area contributed by atoms with Crippen LogP contribution in [0.3, 0.4) is 0 Å². The summed E-state index contributed by atoms with van der Waals surface area (Å²) in [6, 6.07) is 7.31. The van der Waals surface area contributed by atoms with Gasteiger partial charge in [0.15, 0.2) is 0 Å². The molecule has 0 spiro atoms. The summed E-state index contributed by atoms with van der Waals surface area (Å²) in [5.41, 5.74) is 1.61. The maximum Gasteiger partial charge on any atom is 0.335 e. The molecule has 0 atom stereocenters. The second-order valence-corrected chi connectivity index (χ2v) is 6.76. The minimum absolute atomic E-state index is 0.370. The number of rotatable bonds is 9. The topological polar surface area (TPSA) is 46.5 Å². The van der Waals surface area contributed by atoms with E-state index in [1.165, 1.54) is 56.9 Å². The number of carboxylic acids is 1. The lowest BCUT2D eigenvalue weighted by Gasteiger charge is -2.28. The lowest BCUT2D eigenvalue weighted by Crippen LogP contribution is -2.22. The van der Waals surface area contributed by atoms with Gasteiger partial charge in [-0.2, -0.15) is 0 Å². The van der Waals surface area contributed by atoms with E-state index >= 15 is 0 Å². The summed E-state index contributed by atoms with van der Waals surface area (Å²) in [4.78, 5) is 10.8. The van der Waals surface area contributed by atoms with E-state index in [9.17, 15) is 4.79 Å². The first-order chi connectivity index (χ1) is 11.2. The molecule has 3 nitrogen and oxygen atoms in total. The molecular weight excluding hydrogens is 288 g/mol. The Bertz CT molecular complexity index is 458. The van der Waals surface area contributed by atoms with Gasteiger partial charge in [-0.05, 0) is 68.6 Å². The first-order valence-electron chi connectivity index (χ1n) is 9.13. The molecule has 2 rings (SSSR count). The average molecular weight is 318 g/mol. The van der Waals surface area contributed by atoms with E-state index in [2.05, 4.69) is 6.92 Å². The fourth-order valence-corrected chi connectivity index (χ4v) is 3.37. The van der Waals surface area contributed by atoms with Gasteiger partial charge in [0.1, 0.15) is 0 Å². The van der Waals surface area contributed by atoms with E-state index in [0.717, 1.165) is 18.9 Å². The Morgan fingerprint density at radius 3 is 2.43 bits per heavy atom. The van der Waals surface area contributed by atoms with Gasteiger partial charge in [0.2, 0.25) is 0 Å². The van der Waals surface area contributed by atoms with Crippen molar-refractivity contribution in [1.29, 1.82) is 0 Å². The number of carbonyl (C=O) groups is 1. The number of benzene rings is 1. The van der Waals surface area contributed by atoms with Gasteiger partial charge in [0.25, 0.3) is 0 Å². The molecule has 0 amide bonds. The predicted octanol–water partition coefficient (Wildman–Crippen LogP) is 5.08. The molecule has 1 saturated carbocycles. The Kier molecular flexibility index (Phi) is 7.60. The fourth-order valence-electron chi connectivity index (χ4n) is 3.37. The Morgan fingerprint density at radius 2 is 1.83 bits per heavy atom. The lowest BCUT2D eigenvalue weighted by atomic mass is 9.83. The number of aryl methyl sites for hydroxylation is 1. The van der Waals surface area contributed by atoms with Gasteiger partial charge in [-0.15, -0.1) is 0 Å². The van der Waals surface area contributed by atoms with Gasteiger partial charge in [-0.1, -0.05) is 31.9 Å². The third-order valence-corrected chi connectivity index (χ3v) is 4.94. The number of ether oxygens (including phenoxy) is 1. The Labute approximate surface area is 140 Å². The zero-order valence-corrected chi connectivity index (χ0v) is 14.3. The van der Waals surface area contributed by atoms with Crippen molar-refractivity contribution in [3.05, 3.63) is 35.4 Å². The van der Waals surface area contributed by atoms with Gasteiger partial charge in [-0.25, -0.2) is 4.79 Å². The van der Waals surface area contributed by atoms with Crippen LogP contribution in [0.5, 0.6) is 0 Å². The van der Waals surface area contributed by atoms with Crippen molar-refractivity contribution in [1.82, 2.24) is 0 Å². The van der Waals surface area contributed by atoms with Crippen molar-refractivity contribution in [2.45, 2.75) is 70.8 Å². The second kappa shape index (κ2) is 9.71. The van der Waals surface area contributed by atoms with Crippen LogP contribution in [0.2, 0.25) is 0 Å². The van der Waals surface area contributed by atoms with E-state index in [-0.39, 0.29) is 0 Å². The molecule has 128 valence electrons. The zero-order valence-electron chi connectivity index (χ0n) is 14.3. The predicted molar refractivity (Wildman–Crippen MR) is 92.9 cm³/mol.